The minimum absolute atomic E-state index is 0. The van der Waals surface area contributed by atoms with Crippen molar-refractivity contribution in [1.29, 1.82) is 0 Å². The maximum Gasteiger partial charge on any atom is 0.0888 e. The number of nitrogens with zero attached hydrogens (tertiary/aromatic N) is 1. The average molecular weight is 335 g/mol. The zero-order chi connectivity index (χ0) is 13.0. The Hall–Kier alpha value is -0.390. The Balaban J connectivity index is 0.00000110. The van der Waals surface area contributed by atoms with E-state index < -0.39 is 0 Å². The number of pyridine rings is 1. The van der Waals surface area contributed by atoms with Crippen LogP contribution in [0.5, 0.6) is 0 Å². The molecule has 0 spiro atoms. The van der Waals surface area contributed by atoms with Gasteiger partial charge in [-0.05, 0) is 37.9 Å². The summed E-state index contributed by atoms with van der Waals surface area (Å²) in [7, 11) is 0. The lowest BCUT2D eigenvalue weighted by Crippen LogP contribution is -2.55. The number of rotatable bonds is 4. The summed E-state index contributed by atoms with van der Waals surface area (Å²) in [6.45, 7) is 4.34. The highest BCUT2D eigenvalue weighted by Gasteiger charge is 2.43. The molecule has 2 unspecified atom stereocenters. The van der Waals surface area contributed by atoms with Crippen LogP contribution < -0.4 is 5.32 Å². The summed E-state index contributed by atoms with van der Waals surface area (Å²) in [5.74, 6) is 0. The Kier molecular flexibility index (Phi) is 7.92. The highest BCUT2D eigenvalue weighted by molar-refractivity contribution is 5.85. The fraction of sp³-hybridized carbons (Fsp3) is 0.667. The van der Waals surface area contributed by atoms with Crippen molar-refractivity contribution < 1.29 is 9.47 Å². The van der Waals surface area contributed by atoms with Crippen LogP contribution in [0.2, 0.25) is 0 Å². The lowest BCUT2D eigenvalue weighted by Gasteiger charge is -2.47. The molecule has 3 heterocycles. The molecule has 2 atom stereocenters. The number of aromatic nitrogens is 1. The number of piperidine rings is 1. The van der Waals surface area contributed by atoms with Crippen molar-refractivity contribution in [1.82, 2.24) is 10.3 Å². The summed E-state index contributed by atoms with van der Waals surface area (Å²) in [5, 5.41) is 3.50. The van der Waals surface area contributed by atoms with Crippen molar-refractivity contribution in [2.24, 2.45) is 5.41 Å². The molecule has 1 aromatic rings. The molecule has 2 aliphatic heterocycles. The van der Waals surface area contributed by atoms with E-state index in [1.165, 1.54) is 6.42 Å². The molecule has 1 N–H and O–H groups in total. The van der Waals surface area contributed by atoms with E-state index in [1.807, 2.05) is 24.4 Å². The van der Waals surface area contributed by atoms with Crippen LogP contribution in [0.1, 0.15) is 25.0 Å². The molecular formula is C15H24Cl2N2O2. The monoisotopic (exact) mass is 334 g/mol. The number of nitrogens with one attached hydrogen (secondary N) is 1. The second-order valence-corrected chi connectivity index (χ2v) is 5.60. The van der Waals surface area contributed by atoms with Crippen LogP contribution in [0, 0.1) is 5.41 Å². The van der Waals surface area contributed by atoms with E-state index in [9.17, 15) is 0 Å². The molecule has 3 rings (SSSR count). The lowest BCUT2D eigenvalue weighted by molar-refractivity contribution is -0.132. The first-order valence-corrected chi connectivity index (χ1v) is 7.19. The third kappa shape index (κ3) is 4.54. The van der Waals surface area contributed by atoms with Gasteiger partial charge < -0.3 is 14.8 Å². The maximum absolute atomic E-state index is 5.95. The van der Waals surface area contributed by atoms with Crippen LogP contribution in [0.3, 0.4) is 0 Å². The quantitative estimate of drug-likeness (QED) is 0.919. The second-order valence-electron chi connectivity index (χ2n) is 5.60. The highest BCUT2D eigenvalue weighted by Crippen LogP contribution is 2.38. The van der Waals surface area contributed by atoms with Crippen LogP contribution in [0.25, 0.3) is 0 Å². The Morgan fingerprint density at radius 1 is 1.38 bits per heavy atom. The van der Waals surface area contributed by atoms with E-state index >= 15 is 0 Å². The van der Waals surface area contributed by atoms with Crippen molar-refractivity contribution >= 4 is 24.8 Å². The molecule has 0 aliphatic carbocycles. The average Bonchev–Trinajstić information content (AvgIpc) is 2.48. The predicted molar refractivity (Wildman–Crippen MR) is 87.3 cm³/mol. The summed E-state index contributed by atoms with van der Waals surface area (Å²) in [4.78, 5) is 4.29. The first-order valence-electron chi connectivity index (χ1n) is 7.19. The van der Waals surface area contributed by atoms with Crippen molar-refractivity contribution in [2.45, 2.75) is 32.0 Å². The van der Waals surface area contributed by atoms with Crippen molar-refractivity contribution in [3.63, 3.8) is 0 Å². The zero-order valence-electron chi connectivity index (χ0n) is 12.1. The molecule has 0 aromatic carbocycles. The number of ether oxygens (including phenoxy) is 2. The number of hydrogen-bond donors (Lipinski definition) is 1. The van der Waals surface area contributed by atoms with Gasteiger partial charge in [-0.2, -0.15) is 0 Å². The van der Waals surface area contributed by atoms with Gasteiger partial charge in [0.25, 0.3) is 0 Å². The molecule has 0 amide bonds. The maximum atomic E-state index is 5.95. The van der Waals surface area contributed by atoms with E-state index in [0.29, 0.717) is 12.7 Å². The normalized spacial score (nSPS) is 27.9. The Labute approximate surface area is 138 Å². The van der Waals surface area contributed by atoms with Crippen LogP contribution in [0.15, 0.2) is 24.4 Å². The molecule has 6 heteroatoms. The molecule has 0 bridgehead atoms. The summed E-state index contributed by atoms with van der Waals surface area (Å²) < 4.78 is 11.9. The molecule has 120 valence electrons. The van der Waals surface area contributed by atoms with E-state index in [2.05, 4.69) is 10.3 Å². The summed E-state index contributed by atoms with van der Waals surface area (Å²) >= 11 is 0. The topological polar surface area (TPSA) is 43.4 Å². The van der Waals surface area contributed by atoms with Gasteiger partial charge in [0.1, 0.15) is 0 Å². The van der Waals surface area contributed by atoms with E-state index in [0.717, 1.165) is 44.8 Å². The molecular weight excluding hydrogens is 311 g/mol. The SMILES string of the molecule is Cl.Cl.c1ccc(COCC23CCCOC2CCNC3)nc1. The number of halogens is 2. The van der Waals surface area contributed by atoms with E-state index in [4.69, 9.17) is 9.47 Å². The standard InChI is InChI=1S/C15H22N2O2.2ClH/c1-2-7-17-13(4-1)10-18-12-15-6-3-9-19-14(15)5-8-16-11-15;;/h1-2,4,7,14,16H,3,5-6,8-12H2;2*1H. The first kappa shape index (κ1) is 18.7. The van der Waals surface area contributed by atoms with Crippen LogP contribution in [-0.4, -0.2) is 37.4 Å². The number of hydrogen-bond acceptors (Lipinski definition) is 4. The van der Waals surface area contributed by atoms with Crippen LogP contribution in [-0.2, 0) is 16.1 Å². The van der Waals surface area contributed by atoms with Gasteiger partial charge in [-0.25, -0.2) is 0 Å². The molecule has 21 heavy (non-hydrogen) atoms. The lowest BCUT2D eigenvalue weighted by atomic mass is 9.73. The molecule has 0 radical (unpaired) electrons. The van der Waals surface area contributed by atoms with Gasteiger partial charge in [-0.1, -0.05) is 6.07 Å². The second kappa shape index (κ2) is 8.91. The molecule has 2 saturated heterocycles. The Bertz CT molecular complexity index is 394. The predicted octanol–water partition coefficient (Wildman–Crippen LogP) is 2.60. The van der Waals surface area contributed by atoms with Gasteiger partial charge >= 0.3 is 0 Å². The van der Waals surface area contributed by atoms with E-state index in [-0.39, 0.29) is 30.2 Å². The Morgan fingerprint density at radius 3 is 3.10 bits per heavy atom. The van der Waals surface area contributed by atoms with Crippen molar-refractivity contribution in [3.8, 4) is 0 Å². The molecule has 2 fully saturated rings. The Morgan fingerprint density at radius 2 is 2.29 bits per heavy atom. The summed E-state index contributed by atoms with van der Waals surface area (Å²) in [6, 6.07) is 5.93. The van der Waals surface area contributed by atoms with Gasteiger partial charge in [0.05, 0.1) is 25.0 Å². The number of fused-ring (bicyclic) bond motifs is 1. The third-order valence-corrected chi connectivity index (χ3v) is 4.25. The molecule has 0 saturated carbocycles. The van der Waals surface area contributed by atoms with Crippen LogP contribution >= 0.6 is 24.8 Å². The van der Waals surface area contributed by atoms with Gasteiger partial charge in [0.2, 0.25) is 0 Å². The highest BCUT2D eigenvalue weighted by atomic mass is 35.5. The van der Waals surface area contributed by atoms with Crippen molar-refractivity contribution in [2.75, 3.05) is 26.3 Å². The van der Waals surface area contributed by atoms with Gasteiger partial charge in [-0.15, -0.1) is 24.8 Å². The first-order chi connectivity index (χ1) is 9.39. The fourth-order valence-corrected chi connectivity index (χ4v) is 3.21. The van der Waals surface area contributed by atoms with Crippen molar-refractivity contribution in [3.05, 3.63) is 30.1 Å². The molecule has 4 nitrogen and oxygen atoms in total. The van der Waals surface area contributed by atoms with E-state index in [1.54, 1.807) is 0 Å². The smallest absolute Gasteiger partial charge is 0.0888 e. The minimum atomic E-state index is 0. The molecule has 1 aromatic heterocycles. The fourth-order valence-electron chi connectivity index (χ4n) is 3.21. The minimum Gasteiger partial charge on any atom is -0.377 e. The van der Waals surface area contributed by atoms with Crippen LogP contribution in [0.4, 0.5) is 0 Å². The zero-order valence-corrected chi connectivity index (χ0v) is 13.8. The summed E-state index contributed by atoms with van der Waals surface area (Å²) in [5.41, 5.74) is 1.17. The largest absolute Gasteiger partial charge is 0.377 e. The third-order valence-electron chi connectivity index (χ3n) is 4.25. The van der Waals surface area contributed by atoms with Gasteiger partial charge in [0.15, 0.2) is 0 Å². The summed E-state index contributed by atoms with van der Waals surface area (Å²) in [6.07, 6.45) is 5.63. The van der Waals surface area contributed by atoms with Gasteiger partial charge in [0, 0.05) is 24.8 Å². The molecule has 2 aliphatic rings. The van der Waals surface area contributed by atoms with Gasteiger partial charge in [-0.3, -0.25) is 4.98 Å².